The lowest BCUT2D eigenvalue weighted by atomic mass is 10.1. The SMILES string of the molecule is NC1=NC(N)(c2cccc(OC(F)(F)F)c2)NC=C1. The molecule has 0 saturated heterocycles. The minimum Gasteiger partial charge on any atom is -0.406 e. The van der Waals surface area contributed by atoms with E-state index < -0.39 is 12.1 Å². The minimum absolute atomic E-state index is 0.170. The van der Waals surface area contributed by atoms with Crippen LogP contribution in [0.15, 0.2) is 41.5 Å². The molecule has 0 aromatic heterocycles. The van der Waals surface area contributed by atoms with Crippen molar-refractivity contribution in [3.05, 3.63) is 42.1 Å². The van der Waals surface area contributed by atoms with Crippen molar-refractivity contribution >= 4 is 5.84 Å². The van der Waals surface area contributed by atoms with E-state index in [0.717, 1.165) is 6.07 Å². The van der Waals surface area contributed by atoms with Crippen LogP contribution in [0.4, 0.5) is 13.2 Å². The highest BCUT2D eigenvalue weighted by Crippen LogP contribution is 2.27. The highest BCUT2D eigenvalue weighted by molar-refractivity contribution is 5.92. The summed E-state index contributed by atoms with van der Waals surface area (Å²) in [6.45, 7) is 0. The summed E-state index contributed by atoms with van der Waals surface area (Å²) < 4.78 is 40.3. The molecule has 0 fully saturated rings. The third kappa shape index (κ3) is 3.16. The molecule has 2 rings (SSSR count). The zero-order valence-electron chi connectivity index (χ0n) is 9.61. The van der Waals surface area contributed by atoms with Crippen LogP contribution in [0, 0.1) is 0 Å². The molecule has 8 heteroatoms. The van der Waals surface area contributed by atoms with Gasteiger partial charge in [0.1, 0.15) is 11.6 Å². The van der Waals surface area contributed by atoms with Gasteiger partial charge in [-0.2, -0.15) is 0 Å². The Kier molecular flexibility index (Phi) is 3.11. The van der Waals surface area contributed by atoms with Gasteiger partial charge in [-0.25, -0.2) is 4.99 Å². The van der Waals surface area contributed by atoms with Crippen molar-refractivity contribution < 1.29 is 17.9 Å². The minimum atomic E-state index is -4.76. The number of ether oxygens (including phenoxy) is 1. The van der Waals surface area contributed by atoms with E-state index in [-0.39, 0.29) is 11.6 Å². The molecule has 0 bridgehead atoms. The Morgan fingerprint density at radius 3 is 2.68 bits per heavy atom. The molecule has 0 spiro atoms. The van der Waals surface area contributed by atoms with Crippen LogP contribution in [0.25, 0.3) is 0 Å². The van der Waals surface area contributed by atoms with Gasteiger partial charge in [-0.15, -0.1) is 13.2 Å². The van der Waals surface area contributed by atoms with Crippen LogP contribution in [-0.4, -0.2) is 12.2 Å². The first kappa shape index (κ1) is 13.2. The molecule has 5 N–H and O–H groups in total. The van der Waals surface area contributed by atoms with Crippen LogP contribution in [0.1, 0.15) is 5.56 Å². The number of nitrogens with two attached hydrogens (primary N) is 2. The molecule has 0 amide bonds. The topological polar surface area (TPSA) is 85.7 Å². The Labute approximate surface area is 106 Å². The van der Waals surface area contributed by atoms with Gasteiger partial charge in [-0.1, -0.05) is 12.1 Å². The molecule has 1 aliphatic heterocycles. The van der Waals surface area contributed by atoms with Crippen molar-refractivity contribution in [3.8, 4) is 5.75 Å². The van der Waals surface area contributed by atoms with Crippen molar-refractivity contribution in [1.82, 2.24) is 5.32 Å². The predicted octanol–water partition coefficient (Wildman–Crippen LogP) is 1.13. The lowest BCUT2D eigenvalue weighted by Crippen LogP contribution is -2.49. The molecule has 0 radical (unpaired) electrons. The van der Waals surface area contributed by atoms with Gasteiger partial charge in [0.25, 0.3) is 0 Å². The van der Waals surface area contributed by atoms with Gasteiger partial charge >= 0.3 is 6.36 Å². The van der Waals surface area contributed by atoms with E-state index in [9.17, 15) is 13.2 Å². The third-order valence-electron chi connectivity index (χ3n) is 2.37. The van der Waals surface area contributed by atoms with E-state index >= 15 is 0 Å². The number of hydrogen-bond acceptors (Lipinski definition) is 5. The summed E-state index contributed by atoms with van der Waals surface area (Å²) >= 11 is 0. The van der Waals surface area contributed by atoms with Gasteiger partial charge in [-0.05, 0) is 18.2 Å². The van der Waals surface area contributed by atoms with Crippen LogP contribution in [0.2, 0.25) is 0 Å². The van der Waals surface area contributed by atoms with Gasteiger partial charge in [0.2, 0.25) is 5.79 Å². The molecular weight excluding hydrogens is 261 g/mol. The van der Waals surface area contributed by atoms with Crippen molar-refractivity contribution in [2.75, 3.05) is 0 Å². The van der Waals surface area contributed by atoms with E-state index in [1.54, 1.807) is 0 Å². The number of nitrogens with one attached hydrogen (secondary N) is 1. The fourth-order valence-electron chi connectivity index (χ4n) is 1.61. The number of nitrogens with zero attached hydrogens (tertiary/aromatic N) is 1. The summed E-state index contributed by atoms with van der Waals surface area (Å²) in [5.74, 6) is -1.62. The molecule has 1 unspecified atom stereocenters. The molecule has 19 heavy (non-hydrogen) atoms. The largest absolute Gasteiger partial charge is 0.573 e. The third-order valence-corrected chi connectivity index (χ3v) is 2.37. The zero-order chi connectivity index (χ0) is 14.1. The fourth-order valence-corrected chi connectivity index (χ4v) is 1.61. The second-order valence-corrected chi connectivity index (χ2v) is 3.86. The second-order valence-electron chi connectivity index (χ2n) is 3.86. The number of halogens is 3. The second kappa shape index (κ2) is 4.47. The van der Waals surface area contributed by atoms with Gasteiger partial charge in [-0.3, -0.25) is 5.73 Å². The molecule has 102 valence electrons. The number of alkyl halides is 3. The summed E-state index contributed by atoms with van der Waals surface area (Å²) in [6, 6.07) is 5.23. The van der Waals surface area contributed by atoms with Crippen LogP contribution >= 0.6 is 0 Å². The lowest BCUT2D eigenvalue weighted by Gasteiger charge is -2.29. The normalized spacial score (nSPS) is 22.6. The van der Waals surface area contributed by atoms with Crippen LogP contribution in [0.5, 0.6) is 5.75 Å². The molecule has 1 heterocycles. The smallest absolute Gasteiger partial charge is 0.406 e. The van der Waals surface area contributed by atoms with Gasteiger partial charge in [0, 0.05) is 11.8 Å². The van der Waals surface area contributed by atoms with Crippen LogP contribution < -0.4 is 21.5 Å². The Balaban J connectivity index is 2.31. The Bertz CT molecular complexity index is 541. The maximum atomic E-state index is 12.1. The first-order valence-corrected chi connectivity index (χ1v) is 5.23. The Morgan fingerprint density at radius 1 is 1.32 bits per heavy atom. The molecule has 5 nitrogen and oxygen atoms in total. The zero-order valence-corrected chi connectivity index (χ0v) is 9.61. The number of hydrogen-bond donors (Lipinski definition) is 3. The van der Waals surface area contributed by atoms with Crippen molar-refractivity contribution in [1.29, 1.82) is 0 Å². The highest BCUT2D eigenvalue weighted by atomic mass is 19.4. The van der Waals surface area contributed by atoms with E-state index in [4.69, 9.17) is 11.5 Å². The van der Waals surface area contributed by atoms with Crippen LogP contribution in [0.3, 0.4) is 0 Å². The number of benzene rings is 1. The number of amidine groups is 1. The van der Waals surface area contributed by atoms with E-state index in [2.05, 4.69) is 15.0 Å². The van der Waals surface area contributed by atoms with Crippen molar-refractivity contribution in [2.45, 2.75) is 12.1 Å². The van der Waals surface area contributed by atoms with Crippen molar-refractivity contribution in [2.24, 2.45) is 16.5 Å². The van der Waals surface area contributed by atoms with Crippen molar-refractivity contribution in [3.63, 3.8) is 0 Å². The number of aliphatic imine (C=N–C) groups is 1. The summed E-state index contributed by atoms with van der Waals surface area (Å²) in [7, 11) is 0. The first-order valence-electron chi connectivity index (χ1n) is 5.23. The monoisotopic (exact) mass is 272 g/mol. The Morgan fingerprint density at radius 2 is 2.05 bits per heavy atom. The summed E-state index contributed by atoms with van der Waals surface area (Å²) in [6.07, 6.45) is -1.80. The quantitative estimate of drug-likeness (QED) is 0.753. The van der Waals surface area contributed by atoms with E-state index in [1.165, 1.54) is 30.5 Å². The summed E-state index contributed by atoms with van der Waals surface area (Å²) in [5, 5.41) is 2.73. The lowest BCUT2D eigenvalue weighted by molar-refractivity contribution is -0.274. The number of rotatable bonds is 2. The molecular formula is C11H11F3N4O. The molecule has 1 aliphatic rings. The van der Waals surface area contributed by atoms with Gasteiger partial charge in [0.05, 0.1) is 0 Å². The maximum Gasteiger partial charge on any atom is 0.573 e. The summed E-state index contributed by atoms with van der Waals surface area (Å²) in [5.41, 5.74) is 11.7. The van der Waals surface area contributed by atoms with Gasteiger partial charge in [0.15, 0.2) is 0 Å². The fraction of sp³-hybridized carbons (Fsp3) is 0.182. The molecule has 1 atom stereocenters. The standard InChI is InChI=1S/C11H11F3N4O/c12-11(13,14)19-8-3-1-2-7(6-8)10(16)17-5-4-9(15)18-10/h1-6,17H,16H2,(H2,15,18). The highest BCUT2D eigenvalue weighted by Gasteiger charge is 2.32. The average Bonchev–Trinajstić information content (AvgIpc) is 2.26. The molecule has 0 aliphatic carbocycles. The Hall–Kier alpha value is -2.22. The maximum absolute atomic E-state index is 12.1. The molecule has 0 saturated carbocycles. The van der Waals surface area contributed by atoms with E-state index in [1.807, 2.05) is 0 Å². The van der Waals surface area contributed by atoms with Crippen LogP contribution in [-0.2, 0) is 5.79 Å². The molecule has 1 aromatic rings. The predicted molar refractivity (Wildman–Crippen MR) is 62.9 cm³/mol. The van der Waals surface area contributed by atoms with E-state index in [0.29, 0.717) is 5.56 Å². The molecule has 1 aromatic carbocycles. The summed E-state index contributed by atoms with van der Waals surface area (Å²) in [4.78, 5) is 3.96. The first-order chi connectivity index (χ1) is 8.78. The van der Waals surface area contributed by atoms with Gasteiger partial charge < -0.3 is 15.8 Å². The average molecular weight is 272 g/mol.